The van der Waals surface area contributed by atoms with E-state index in [1.54, 1.807) is 24.4 Å². The van der Waals surface area contributed by atoms with E-state index >= 15 is 0 Å². The van der Waals surface area contributed by atoms with Gasteiger partial charge in [-0.2, -0.15) is 0 Å². The van der Waals surface area contributed by atoms with Gasteiger partial charge < -0.3 is 5.11 Å². The van der Waals surface area contributed by atoms with Crippen molar-refractivity contribution in [1.29, 1.82) is 0 Å². The summed E-state index contributed by atoms with van der Waals surface area (Å²) in [6, 6.07) is 5.22. The molecular weight excluding hydrogens is 230 g/mol. The summed E-state index contributed by atoms with van der Waals surface area (Å²) in [5, 5.41) is 10.9. The topological polar surface area (TPSA) is 59.3 Å². The highest BCUT2D eigenvalue weighted by atomic mass is 16.4. The molecule has 0 atom stereocenters. The number of fused-ring (bicyclic) bond motifs is 1. The van der Waals surface area contributed by atoms with Crippen LogP contribution in [0.3, 0.4) is 0 Å². The van der Waals surface area contributed by atoms with Crippen LogP contribution in [0.1, 0.15) is 36.8 Å². The van der Waals surface area contributed by atoms with Crippen molar-refractivity contribution in [2.45, 2.75) is 26.2 Å². The summed E-state index contributed by atoms with van der Waals surface area (Å²) < 4.78 is 1.24. The Morgan fingerprint density at radius 2 is 2.00 bits per heavy atom. The fourth-order valence-electron chi connectivity index (χ4n) is 2.23. The Bertz CT molecular complexity index is 632. The lowest BCUT2D eigenvalue weighted by Crippen LogP contribution is -2.21. The first kappa shape index (κ1) is 12.4. The van der Waals surface area contributed by atoms with E-state index in [0.29, 0.717) is 5.56 Å². The molecular formula is C14H15NO3. The van der Waals surface area contributed by atoms with Crippen LogP contribution in [0.2, 0.25) is 0 Å². The summed E-state index contributed by atoms with van der Waals surface area (Å²) in [5.74, 6) is 0. The molecule has 1 aromatic carbocycles. The molecule has 0 aliphatic carbocycles. The number of rotatable bonds is 1. The van der Waals surface area contributed by atoms with Gasteiger partial charge in [-0.25, -0.2) is 4.79 Å². The van der Waals surface area contributed by atoms with Crippen LogP contribution in [-0.4, -0.2) is 22.1 Å². The molecule has 2 rings (SSSR count). The first-order valence-corrected chi connectivity index (χ1v) is 5.68. The molecule has 0 fully saturated rings. The smallest absolute Gasteiger partial charge is 0.415 e. The van der Waals surface area contributed by atoms with Gasteiger partial charge in [0, 0.05) is 33.6 Å². The van der Waals surface area contributed by atoms with Crippen molar-refractivity contribution in [1.82, 2.24) is 4.57 Å². The third-order valence-corrected chi connectivity index (χ3v) is 2.89. The van der Waals surface area contributed by atoms with Crippen LogP contribution in [-0.2, 0) is 5.41 Å². The maximum absolute atomic E-state index is 11.3. The summed E-state index contributed by atoms with van der Waals surface area (Å²) >= 11 is 0. The highest BCUT2D eigenvalue weighted by molar-refractivity contribution is 5.94. The number of hydrogen-bond acceptors (Lipinski definition) is 2. The molecule has 0 unspecified atom stereocenters. The number of carboxylic acid groups (broad SMARTS) is 1. The lowest BCUT2D eigenvalue weighted by atomic mass is 9.89. The number of nitrogens with zero attached hydrogens (tertiary/aromatic N) is 1. The summed E-state index contributed by atoms with van der Waals surface area (Å²) in [5.41, 5.74) is 0.996. The van der Waals surface area contributed by atoms with Crippen LogP contribution in [0.25, 0.3) is 10.8 Å². The van der Waals surface area contributed by atoms with Crippen molar-refractivity contribution < 1.29 is 14.7 Å². The largest absolute Gasteiger partial charge is 0.464 e. The SMILES string of the molecule is CC(C)(C)c1c2ccc(C=O)cc2cn1C(=O)O. The van der Waals surface area contributed by atoms with Gasteiger partial charge in [0.05, 0.1) is 0 Å². The van der Waals surface area contributed by atoms with E-state index in [2.05, 4.69) is 0 Å². The van der Waals surface area contributed by atoms with Crippen molar-refractivity contribution in [3.63, 3.8) is 0 Å². The molecule has 94 valence electrons. The Balaban J connectivity index is 2.84. The molecule has 0 amide bonds. The number of carbonyl (C=O) groups excluding carboxylic acids is 1. The quantitative estimate of drug-likeness (QED) is 0.784. The van der Waals surface area contributed by atoms with Crippen molar-refractivity contribution in [2.24, 2.45) is 0 Å². The third-order valence-electron chi connectivity index (χ3n) is 2.89. The van der Waals surface area contributed by atoms with E-state index in [9.17, 15) is 14.7 Å². The van der Waals surface area contributed by atoms with Crippen LogP contribution < -0.4 is 0 Å². The highest BCUT2D eigenvalue weighted by Gasteiger charge is 2.24. The van der Waals surface area contributed by atoms with Crippen molar-refractivity contribution >= 4 is 23.2 Å². The standard InChI is InChI=1S/C14H15NO3/c1-14(2,3)12-11-5-4-9(8-16)6-10(11)7-15(12)13(17)18/h4-8H,1-3H3,(H,17,18). The van der Waals surface area contributed by atoms with Crippen molar-refractivity contribution in [3.8, 4) is 0 Å². The van der Waals surface area contributed by atoms with Gasteiger partial charge in [0.25, 0.3) is 0 Å². The summed E-state index contributed by atoms with van der Waals surface area (Å²) in [4.78, 5) is 22.0. The maximum Gasteiger partial charge on any atom is 0.415 e. The van der Waals surface area contributed by atoms with Gasteiger partial charge >= 0.3 is 6.09 Å². The minimum atomic E-state index is -1.01. The number of aldehydes is 1. The molecule has 4 nitrogen and oxygen atoms in total. The van der Waals surface area contributed by atoms with E-state index in [4.69, 9.17) is 0 Å². The number of aromatic nitrogens is 1. The predicted octanol–water partition coefficient (Wildman–Crippen LogP) is 3.28. The Labute approximate surface area is 105 Å². The summed E-state index contributed by atoms with van der Waals surface area (Å²) in [7, 11) is 0. The number of benzene rings is 1. The van der Waals surface area contributed by atoms with E-state index in [1.165, 1.54) is 4.57 Å². The van der Waals surface area contributed by atoms with Gasteiger partial charge in [0.1, 0.15) is 6.29 Å². The predicted molar refractivity (Wildman–Crippen MR) is 69.4 cm³/mol. The van der Waals surface area contributed by atoms with Crippen LogP contribution in [0.5, 0.6) is 0 Å². The molecule has 0 radical (unpaired) electrons. The Kier molecular flexibility index (Phi) is 2.73. The molecule has 0 aliphatic heterocycles. The molecule has 18 heavy (non-hydrogen) atoms. The van der Waals surface area contributed by atoms with Gasteiger partial charge in [-0.3, -0.25) is 9.36 Å². The average molecular weight is 245 g/mol. The molecule has 0 saturated carbocycles. The fourth-order valence-corrected chi connectivity index (χ4v) is 2.23. The summed E-state index contributed by atoms with van der Waals surface area (Å²) in [6.07, 6.45) is 1.31. The van der Waals surface area contributed by atoms with Crippen molar-refractivity contribution in [2.75, 3.05) is 0 Å². The molecule has 1 heterocycles. The minimum absolute atomic E-state index is 0.289. The third kappa shape index (κ3) is 1.90. The second-order valence-electron chi connectivity index (χ2n) is 5.34. The van der Waals surface area contributed by atoms with Gasteiger partial charge in [-0.05, 0) is 6.07 Å². The molecule has 1 N–H and O–H groups in total. The van der Waals surface area contributed by atoms with E-state index in [1.807, 2.05) is 20.8 Å². The highest BCUT2D eigenvalue weighted by Crippen LogP contribution is 2.32. The Morgan fingerprint density at radius 3 is 2.50 bits per heavy atom. The van der Waals surface area contributed by atoms with Crippen LogP contribution >= 0.6 is 0 Å². The van der Waals surface area contributed by atoms with Gasteiger partial charge in [0.15, 0.2) is 0 Å². The maximum atomic E-state index is 11.3. The monoisotopic (exact) mass is 245 g/mol. The molecule has 0 aliphatic rings. The van der Waals surface area contributed by atoms with E-state index in [-0.39, 0.29) is 5.41 Å². The van der Waals surface area contributed by atoms with E-state index in [0.717, 1.165) is 22.8 Å². The normalized spacial score (nSPS) is 11.7. The first-order valence-electron chi connectivity index (χ1n) is 5.68. The number of carbonyl (C=O) groups is 2. The molecule has 1 aromatic heterocycles. The fraction of sp³-hybridized carbons (Fsp3) is 0.286. The zero-order valence-corrected chi connectivity index (χ0v) is 10.6. The average Bonchev–Trinajstić information content (AvgIpc) is 2.66. The first-order chi connectivity index (χ1) is 8.34. The van der Waals surface area contributed by atoms with E-state index < -0.39 is 6.09 Å². The molecule has 4 heteroatoms. The second kappa shape index (κ2) is 3.98. The molecule has 0 saturated heterocycles. The lowest BCUT2D eigenvalue weighted by molar-refractivity contribution is 0.112. The molecule has 2 aromatic rings. The minimum Gasteiger partial charge on any atom is -0.464 e. The molecule has 0 spiro atoms. The number of hydrogen-bond donors (Lipinski definition) is 1. The van der Waals surface area contributed by atoms with Gasteiger partial charge in [0.2, 0.25) is 0 Å². The second-order valence-corrected chi connectivity index (χ2v) is 5.34. The Hall–Kier alpha value is -2.10. The zero-order chi connectivity index (χ0) is 13.5. The van der Waals surface area contributed by atoms with Crippen LogP contribution in [0, 0.1) is 0 Å². The zero-order valence-electron chi connectivity index (χ0n) is 10.6. The molecule has 0 bridgehead atoms. The van der Waals surface area contributed by atoms with Gasteiger partial charge in [-0.1, -0.05) is 32.9 Å². The van der Waals surface area contributed by atoms with Crippen LogP contribution in [0.15, 0.2) is 24.4 Å². The summed E-state index contributed by atoms with van der Waals surface area (Å²) in [6.45, 7) is 5.90. The van der Waals surface area contributed by atoms with Gasteiger partial charge in [-0.15, -0.1) is 0 Å². The van der Waals surface area contributed by atoms with Crippen molar-refractivity contribution in [3.05, 3.63) is 35.7 Å². The van der Waals surface area contributed by atoms with Crippen LogP contribution in [0.4, 0.5) is 4.79 Å². The lowest BCUT2D eigenvalue weighted by Gasteiger charge is -2.20. The Morgan fingerprint density at radius 1 is 1.33 bits per heavy atom.